The van der Waals surface area contributed by atoms with Gasteiger partial charge in [0.1, 0.15) is 0 Å². The van der Waals surface area contributed by atoms with Crippen molar-refractivity contribution in [2.24, 2.45) is 0 Å². The number of rotatable bonds is 2. The molecular weight excluding hydrogens is 701 g/mol. The molecule has 262 valence electrons. The van der Waals surface area contributed by atoms with Gasteiger partial charge in [0.05, 0.1) is 44.4 Å². The zero-order chi connectivity index (χ0) is 36.5. The molecule has 3 aromatic heterocycles. The van der Waals surface area contributed by atoms with Crippen LogP contribution in [0.3, 0.4) is 0 Å². The lowest BCUT2D eigenvalue weighted by molar-refractivity contribution is 0.691. The van der Waals surface area contributed by atoms with Crippen LogP contribution < -0.4 is 0 Å². The first-order chi connectivity index (χ1) is 27.8. The summed E-state index contributed by atoms with van der Waals surface area (Å²) in [6, 6.07) is 56.1. The summed E-state index contributed by atoms with van der Waals surface area (Å²) in [6.45, 7) is 0. The van der Waals surface area contributed by atoms with E-state index in [0.717, 1.165) is 40.5 Å². The number of allylic oxidation sites excluding steroid dienone is 4. The average Bonchev–Trinajstić information content (AvgIpc) is 3.79. The Bertz CT molecular complexity index is 3420. The summed E-state index contributed by atoms with van der Waals surface area (Å²) in [6.07, 6.45) is 8.60. The largest absolute Gasteiger partial charge is 0.309 e. The van der Waals surface area contributed by atoms with Gasteiger partial charge in [-0.1, -0.05) is 151 Å². The Kier molecular flexibility index (Phi) is 6.12. The summed E-state index contributed by atoms with van der Waals surface area (Å²) in [7, 11) is 0. The van der Waals surface area contributed by atoms with Gasteiger partial charge in [-0.25, -0.2) is 9.97 Å². The Hall–Kier alpha value is -6.69. The molecule has 1 unspecified atom stereocenters. The second-order valence-corrected chi connectivity index (χ2v) is 16.2. The fraction of sp³-hybridized carbons (Fsp3) is 0.0588. The van der Waals surface area contributed by atoms with Gasteiger partial charge in [-0.15, -0.1) is 0 Å². The predicted octanol–water partition coefficient (Wildman–Crippen LogP) is 12.7. The Morgan fingerprint density at radius 3 is 2.04 bits per heavy atom. The van der Waals surface area contributed by atoms with Crippen molar-refractivity contribution in [2.75, 3.05) is 0 Å². The van der Waals surface area contributed by atoms with Gasteiger partial charge >= 0.3 is 0 Å². The van der Waals surface area contributed by atoms with E-state index in [9.17, 15) is 0 Å². The summed E-state index contributed by atoms with van der Waals surface area (Å²) in [4.78, 5) is 13.4. The van der Waals surface area contributed by atoms with Gasteiger partial charge in [-0.05, 0) is 71.0 Å². The van der Waals surface area contributed by atoms with Crippen LogP contribution in [-0.2, 0) is 5.41 Å². The zero-order valence-electron chi connectivity index (χ0n) is 30.3. The lowest BCUT2D eigenvalue weighted by atomic mass is 9.62. The molecule has 0 radical (unpaired) electrons. The lowest BCUT2D eigenvalue weighted by Crippen LogP contribution is -2.37. The second kappa shape index (κ2) is 11.2. The molecule has 7 aromatic carbocycles. The van der Waals surface area contributed by atoms with Crippen molar-refractivity contribution in [1.29, 1.82) is 0 Å². The molecule has 3 aliphatic rings. The third-order valence-electron chi connectivity index (χ3n) is 12.5. The van der Waals surface area contributed by atoms with Crippen molar-refractivity contribution in [3.8, 4) is 11.6 Å². The number of nitrogens with zero attached hydrogens (tertiary/aromatic N) is 4. The number of hydrogen-bond acceptors (Lipinski definition) is 3. The standard InChI is InChI=1S/C51H32N4S/c1-2-15-31(16-3-1)46-36-19-4-9-24-41(36)52-50(53-46)55-43-26-11-6-18-33(43)35-29-30-40-49(48(35)55)56-45-28-13-8-22-38(45)51(40)37-21-7-12-27-44(37)54-42-25-10-5-17-32(42)34-20-14-23-39(51)47(34)54/h1-2,4-15,17-30H,3,16H2. The quantitative estimate of drug-likeness (QED) is 0.178. The van der Waals surface area contributed by atoms with Crippen LogP contribution in [0.1, 0.15) is 40.8 Å². The zero-order valence-corrected chi connectivity index (χ0v) is 31.1. The molecule has 0 saturated heterocycles. The van der Waals surface area contributed by atoms with E-state index in [1.54, 1.807) is 0 Å². The van der Waals surface area contributed by atoms with E-state index >= 15 is 0 Å². The topological polar surface area (TPSA) is 35.6 Å². The van der Waals surface area contributed by atoms with E-state index in [2.05, 4.69) is 179 Å². The maximum atomic E-state index is 5.52. The fourth-order valence-corrected chi connectivity index (χ4v) is 11.6. The number of benzene rings is 7. The van der Waals surface area contributed by atoms with Crippen LogP contribution in [0.25, 0.3) is 71.7 Å². The van der Waals surface area contributed by atoms with Crippen LogP contribution >= 0.6 is 11.8 Å². The third-order valence-corrected chi connectivity index (χ3v) is 13.6. The monoisotopic (exact) mass is 732 g/mol. The van der Waals surface area contributed by atoms with Crippen LogP contribution in [0.5, 0.6) is 0 Å². The average molecular weight is 733 g/mol. The van der Waals surface area contributed by atoms with Gasteiger partial charge in [0, 0.05) is 36.7 Å². The van der Waals surface area contributed by atoms with Crippen molar-refractivity contribution in [2.45, 2.75) is 28.0 Å². The molecule has 10 aromatic rings. The number of aromatic nitrogens is 4. The molecule has 56 heavy (non-hydrogen) atoms. The van der Waals surface area contributed by atoms with Gasteiger partial charge < -0.3 is 4.57 Å². The molecule has 13 rings (SSSR count). The third kappa shape index (κ3) is 3.80. The van der Waals surface area contributed by atoms with Crippen LogP contribution in [-0.4, -0.2) is 19.1 Å². The highest BCUT2D eigenvalue weighted by Gasteiger charge is 2.50. The molecule has 0 amide bonds. The van der Waals surface area contributed by atoms with Gasteiger partial charge in [0.15, 0.2) is 0 Å². The van der Waals surface area contributed by atoms with E-state index in [1.807, 2.05) is 11.8 Å². The number of hydrogen-bond donors (Lipinski definition) is 0. The van der Waals surface area contributed by atoms with E-state index in [0.29, 0.717) is 5.95 Å². The molecule has 5 heteroatoms. The molecule has 1 aliphatic carbocycles. The molecule has 2 aliphatic heterocycles. The van der Waals surface area contributed by atoms with E-state index in [-0.39, 0.29) is 0 Å². The van der Waals surface area contributed by atoms with Gasteiger partial charge in [-0.3, -0.25) is 4.57 Å². The summed E-state index contributed by atoms with van der Waals surface area (Å²) in [5.74, 6) is 0.702. The molecule has 4 nitrogen and oxygen atoms in total. The molecule has 1 atom stereocenters. The molecule has 0 fully saturated rings. The van der Waals surface area contributed by atoms with Crippen LogP contribution in [0, 0.1) is 0 Å². The minimum Gasteiger partial charge on any atom is -0.309 e. The van der Waals surface area contributed by atoms with Crippen LogP contribution in [0.2, 0.25) is 0 Å². The molecule has 0 N–H and O–H groups in total. The smallest absolute Gasteiger partial charge is 0.235 e. The van der Waals surface area contributed by atoms with Crippen molar-refractivity contribution < 1.29 is 0 Å². The molecule has 0 bridgehead atoms. The van der Waals surface area contributed by atoms with Crippen molar-refractivity contribution in [3.63, 3.8) is 0 Å². The summed E-state index contributed by atoms with van der Waals surface area (Å²) < 4.78 is 4.87. The van der Waals surface area contributed by atoms with E-state index in [1.165, 1.54) is 75.9 Å². The summed E-state index contributed by atoms with van der Waals surface area (Å²) in [5, 5.41) is 6.05. The Morgan fingerprint density at radius 1 is 0.518 bits per heavy atom. The normalized spacial score (nSPS) is 16.8. The summed E-state index contributed by atoms with van der Waals surface area (Å²) in [5.41, 5.74) is 13.8. The molecule has 5 heterocycles. The van der Waals surface area contributed by atoms with Crippen molar-refractivity contribution in [1.82, 2.24) is 19.1 Å². The highest BCUT2D eigenvalue weighted by atomic mass is 32.2. The van der Waals surface area contributed by atoms with Gasteiger partial charge in [0.2, 0.25) is 5.95 Å². The summed E-state index contributed by atoms with van der Waals surface area (Å²) >= 11 is 1.89. The first-order valence-electron chi connectivity index (χ1n) is 19.4. The SMILES string of the molecule is C1=CCCC(c2nc(-n3c4ccccc4c4ccc5c(c43)Sc3ccccc3C53c4ccccc4-n4c5ccccc5c5cccc3c54)nc3ccccc23)=C1. The Balaban J connectivity index is 1.21. The van der Waals surface area contributed by atoms with Gasteiger partial charge in [-0.2, -0.15) is 0 Å². The minimum absolute atomic E-state index is 0.582. The van der Waals surface area contributed by atoms with E-state index in [4.69, 9.17) is 9.97 Å². The maximum absolute atomic E-state index is 5.52. The van der Waals surface area contributed by atoms with Crippen LogP contribution in [0.4, 0.5) is 0 Å². The van der Waals surface area contributed by atoms with Crippen molar-refractivity contribution in [3.05, 3.63) is 198 Å². The molecular formula is C51H32N4S. The molecule has 1 spiro atoms. The minimum atomic E-state index is -0.582. The lowest BCUT2D eigenvalue weighted by Gasteiger charge is -2.45. The highest BCUT2D eigenvalue weighted by molar-refractivity contribution is 7.99. The Morgan fingerprint density at radius 2 is 1.20 bits per heavy atom. The van der Waals surface area contributed by atoms with Gasteiger partial charge in [0.25, 0.3) is 0 Å². The Labute approximate surface area is 327 Å². The highest BCUT2D eigenvalue weighted by Crippen LogP contribution is 2.62. The fourth-order valence-electron chi connectivity index (χ4n) is 10.2. The second-order valence-electron chi connectivity index (χ2n) is 15.2. The predicted molar refractivity (Wildman–Crippen MR) is 231 cm³/mol. The molecule has 0 saturated carbocycles. The maximum Gasteiger partial charge on any atom is 0.235 e. The van der Waals surface area contributed by atoms with Crippen LogP contribution in [0.15, 0.2) is 180 Å². The first-order valence-corrected chi connectivity index (χ1v) is 20.2. The number of para-hydroxylation sites is 5. The first kappa shape index (κ1) is 30.6. The number of fused-ring (bicyclic) bond motifs is 16. The van der Waals surface area contributed by atoms with E-state index < -0.39 is 5.41 Å². The van der Waals surface area contributed by atoms with Crippen molar-refractivity contribution >= 4 is 71.8 Å².